The lowest BCUT2D eigenvalue weighted by atomic mass is 10.1. The van der Waals surface area contributed by atoms with Crippen molar-refractivity contribution >= 4 is 39.5 Å². The SMILES string of the molecule is CC/C=C\C/C=C\C/C=C\C/C=C\C/C=C\C/C=C\CCC(=O)OCC(COP(=O)(O)OCC(O)COP(=O)(O)OCC(COC(=O)CCCCCCC/C=C\C/C=C\CCC)OC(=O)CCCCCCCCCCCCC)OC(=O)CCCCCCC/C=C\CCCC. The molecule has 17 nitrogen and oxygen atoms in total. The van der Waals surface area contributed by atoms with Gasteiger partial charge < -0.3 is 33.8 Å². The van der Waals surface area contributed by atoms with Gasteiger partial charge in [-0.05, 0) is 109 Å². The zero-order chi connectivity index (χ0) is 69.0. The number of allylic oxidation sites excluding steroid dienone is 18. The Morgan fingerprint density at radius 1 is 0.309 bits per heavy atom. The molecule has 0 aliphatic rings. The molecule has 0 rings (SSSR count). The maximum Gasteiger partial charge on any atom is 0.472 e. The van der Waals surface area contributed by atoms with Crippen molar-refractivity contribution < 1.29 is 80.2 Å². The number of unbranched alkanes of at least 4 members (excludes halogenated alkanes) is 23. The third-order valence-corrected chi connectivity index (χ3v) is 16.6. The second-order valence-electron chi connectivity index (χ2n) is 23.8. The topological polar surface area (TPSA) is 237 Å². The summed E-state index contributed by atoms with van der Waals surface area (Å²) in [6, 6.07) is 0. The predicted molar refractivity (Wildman–Crippen MR) is 381 cm³/mol. The molecule has 0 heterocycles. The molecule has 0 saturated carbocycles. The fraction of sp³-hybridized carbons (Fsp3) is 0.707. The summed E-state index contributed by atoms with van der Waals surface area (Å²) in [6.07, 6.45) is 69.8. The fourth-order valence-corrected chi connectivity index (χ4v) is 10.8. The minimum atomic E-state index is -4.99. The number of carbonyl (C=O) groups excluding carboxylic acids is 4. The van der Waals surface area contributed by atoms with E-state index in [1.165, 1.54) is 51.4 Å². The largest absolute Gasteiger partial charge is 0.472 e. The predicted octanol–water partition coefficient (Wildman–Crippen LogP) is 20.2. The van der Waals surface area contributed by atoms with E-state index in [2.05, 4.69) is 119 Å². The number of aliphatic hydroxyl groups excluding tert-OH is 1. The molecule has 540 valence electrons. The van der Waals surface area contributed by atoms with Crippen LogP contribution in [0.4, 0.5) is 0 Å². The van der Waals surface area contributed by atoms with Crippen molar-refractivity contribution in [3.63, 3.8) is 0 Å². The first-order valence-corrected chi connectivity index (χ1v) is 39.1. The Labute approximate surface area is 569 Å². The number of rotatable bonds is 67. The van der Waals surface area contributed by atoms with Crippen LogP contribution in [0.5, 0.6) is 0 Å². The molecule has 0 aromatic carbocycles. The number of aliphatic hydroxyl groups is 1. The summed E-state index contributed by atoms with van der Waals surface area (Å²) < 4.78 is 68.1. The molecule has 0 spiro atoms. The Morgan fingerprint density at radius 3 is 1.00 bits per heavy atom. The highest BCUT2D eigenvalue weighted by atomic mass is 31.2. The van der Waals surface area contributed by atoms with E-state index in [0.717, 1.165) is 148 Å². The van der Waals surface area contributed by atoms with Gasteiger partial charge in [0, 0.05) is 25.7 Å². The first-order valence-electron chi connectivity index (χ1n) is 36.1. The third-order valence-electron chi connectivity index (χ3n) is 14.7. The van der Waals surface area contributed by atoms with Crippen LogP contribution in [0.25, 0.3) is 0 Å². The molecule has 0 radical (unpaired) electrons. The van der Waals surface area contributed by atoms with Crippen molar-refractivity contribution in [2.45, 2.75) is 303 Å². The molecule has 0 bridgehead atoms. The van der Waals surface area contributed by atoms with Gasteiger partial charge in [-0.3, -0.25) is 37.3 Å². The Hall–Kier alpha value is -4.28. The van der Waals surface area contributed by atoms with E-state index in [1.54, 1.807) is 0 Å². The molecular formula is C75H128O17P2. The number of phosphoric acid groups is 2. The average Bonchev–Trinajstić information content (AvgIpc) is 1.24. The summed E-state index contributed by atoms with van der Waals surface area (Å²) in [5.74, 6) is -2.30. The highest BCUT2D eigenvalue weighted by molar-refractivity contribution is 7.47. The van der Waals surface area contributed by atoms with Gasteiger partial charge in [-0.25, -0.2) is 9.13 Å². The van der Waals surface area contributed by atoms with E-state index >= 15 is 0 Å². The minimum Gasteiger partial charge on any atom is -0.462 e. The van der Waals surface area contributed by atoms with Gasteiger partial charge in [0.15, 0.2) is 12.2 Å². The molecular weight excluding hydrogens is 1230 g/mol. The van der Waals surface area contributed by atoms with E-state index in [9.17, 15) is 43.2 Å². The van der Waals surface area contributed by atoms with Gasteiger partial charge in [0.2, 0.25) is 0 Å². The number of hydrogen-bond donors (Lipinski definition) is 3. The lowest BCUT2D eigenvalue weighted by molar-refractivity contribution is -0.161. The minimum absolute atomic E-state index is 0.0336. The molecule has 94 heavy (non-hydrogen) atoms. The smallest absolute Gasteiger partial charge is 0.462 e. The number of esters is 4. The Kier molecular flexibility index (Phi) is 64.2. The van der Waals surface area contributed by atoms with Crippen molar-refractivity contribution in [2.24, 2.45) is 0 Å². The fourth-order valence-electron chi connectivity index (χ4n) is 9.20. The maximum atomic E-state index is 13.0. The number of carbonyl (C=O) groups is 4. The monoisotopic (exact) mass is 1360 g/mol. The van der Waals surface area contributed by atoms with Crippen LogP contribution in [-0.4, -0.2) is 96.7 Å². The summed E-state index contributed by atoms with van der Waals surface area (Å²) in [5, 5.41) is 10.6. The van der Waals surface area contributed by atoms with Gasteiger partial charge in [0.05, 0.1) is 26.4 Å². The van der Waals surface area contributed by atoms with Crippen molar-refractivity contribution in [1.29, 1.82) is 0 Å². The zero-order valence-electron chi connectivity index (χ0n) is 58.6. The van der Waals surface area contributed by atoms with Gasteiger partial charge in [-0.2, -0.15) is 0 Å². The molecule has 19 heteroatoms. The van der Waals surface area contributed by atoms with Crippen LogP contribution < -0.4 is 0 Å². The highest BCUT2D eigenvalue weighted by Crippen LogP contribution is 2.45. The summed E-state index contributed by atoms with van der Waals surface area (Å²) in [7, 11) is -9.96. The van der Waals surface area contributed by atoms with Gasteiger partial charge in [-0.15, -0.1) is 0 Å². The summed E-state index contributed by atoms with van der Waals surface area (Å²) in [4.78, 5) is 72.5. The first kappa shape index (κ1) is 89.7. The molecule has 0 amide bonds. The maximum absolute atomic E-state index is 13.0. The summed E-state index contributed by atoms with van der Waals surface area (Å²) >= 11 is 0. The quantitative estimate of drug-likeness (QED) is 0.0169. The molecule has 0 aliphatic carbocycles. The first-order chi connectivity index (χ1) is 45.7. The summed E-state index contributed by atoms with van der Waals surface area (Å²) in [5.41, 5.74) is 0. The van der Waals surface area contributed by atoms with Crippen molar-refractivity contribution in [3.05, 3.63) is 109 Å². The second kappa shape index (κ2) is 67.3. The molecule has 0 aliphatic heterocycles. The number of ether oxygens (including phenoxy) is 4. The van der Waals surface area contributed by atoms with Crippen LogP contribution >= 0.6 is 15.6 Å². The zero-order valence-corrected chi connectivity index (χ0v) is 60.4. The van der Waals surface area contributed by atoms with Crippen LogP contribution in [0.15, 0.2) is 109 Å². The van der Waals surface area contributed by atoms with E-state index in [1.807, 2.05) is 18.2 Å². The Morgan fingerprint density at radius 2 is 0.606 bits per heavy atom. The normalized spacial score (nSPS) is 14.7. The second-order valence-corrected chi connectivity index (χ2v) is 26.7. The number of phosphoric ester groups is 2. The molecule has 0 fully saturated rings. The molecule has 0 aromatic heterocycles. The lowest BCUT2D eigenvalue weighted by Crippen LogP contribution is -2.30. The van der Waals surface area contributed by atoms with Crippen LogP contribution in [0.3, 0.4) is 0 Å². The van der Waals surface area contributed by atoms with Crippen molar-refractivity contribution in [2.75, 3.05) is 39.6 Å². The van der Waals surface area contributed by atoms with Gasteiger partial charge in [0.1, 0.15) is 19.3 Å². The summed E-state index contributed by atoms with van der Waals surface area (Å²) in [6.45, 7) is 4.52. The van der Waals surface area contributed by atoms with Crippen molar-refractivity contribution in [3.8, 4) is 0 Å². The molecule has 0 saturated heterocycles. The van der Waals surface area contributed by atoms with Gasteiger partial charge >= 0.3 is 39.5 Å². The molecule has 5 atom stereocenters. The third kappa shape index (κ3) is 66.3. The number of hydrogen-bond acceptors (Lipinski definition) is 15. The Balaban J connectivity index is 5.36. The van der Waals surface area contributed by atoms with Crippen LogP contribution in [0.1, 0.15) is 285 Å². The van der Waals surface area contributed by atoms with Crippen LogP contribution in [-0.2, 0) is 65.4 Å². The lowest BCUT2D eigenvalue weighted by Gasteiger charge is -2.21. The van der Waals surface area contributed by atoms with E-state index in [-0.39, 0.29) is 25.7 Å². The average molecular weight is 1360 g/mol. The van der Waals surface area contributed by atoms with E-state index < -0.39 is 97.5 Å². The van der Waals surface area contributed by atoms with Gasteiger partial charge in [0.25, 0.3) is 0 Å². The molecule has 0 aromatic rings. The van der Waals surface area contributed by atoms with Crippen molar-refractivity contribution in [1.82, 2.24) is 0 Å². The molecule has 5 unspecified atom stereocenters. The van der Waals surface area contributed by atoms with Crippen LogP contribution in [0.2, 0.25) is 0 Å². The highest BCUT2D eigenvalue weighted by Gasteiger charge is 2.30. The standard InChI is InChI=1S/C75H128O17P2/c1-5-9-13-17-21-25-29-31-32-33-34-35-36-38-42-44-48-52-56-60-73(78)86-66-71(92-75(80)62-58-54-50-46-40-28-24-20-16-12-8-4)68-90-94(83,84)88-64-69(76)63-87-93(81,82)89-67-70(91-74(79)61-57-53-49-45-39-27-23-19-15-11-7-3)65-85-72(77)59-55-51-47-43-41-37-30-26-22-18-14-10-6-2/h9,13-14,18,20-21,24-26,30-32,34-35,38,42,48,52,69-71,76H,5-8,10-12,15-17,19,22-23,27-29,33,36-37,39-41,43-47,49-51,53-68H2,1-4H3,(H,81,82)(H,83,84)/b13-9-,18-14-,24-20-,25-21-,30-26-,32-31-,35-34-,42-38-,52-48-. The van der Waals surface area contributed by atoms with Crippen LogP contribution in [0, 0.1) is 0 Å². The van der Waals surface area contributed by atoms with E-state index in [0.29, 0.717) is 32.1 Å². The molecule has 3 N–H and O–H groups in total. The van der Waals surface area contributed by atoms with E-state index in [4.69, 9.17) is 37.0 Å². The Bertz CT molecular complexity index is 2220. The van der Waals surface area contributed by atoms with Gasteiger partial charge in [-0.1, -0.05) is 259 Å².